The lowest BCUT2D eigenvalue weighted by atomic mass is 9.99. The van der Waals surface area contributed by atoms with Gasteiger partial charge in [-0.3, -0.25) is 4.98 Å². The molecule has 23 heavy (non-hydrogen) atoms. The Bertz CT molecular complexity index is 702. The van der Waals surface area contributed by atoms with Crippen LogP contribution in [0.15, 0.2) is 36.7 Å². The topological polar surface area (TPSA) is 37.4 Å². The van der Waals surface area contributed by atoms with Gasteiger partial charge in [-0.05, 0) is 41.3 Å². The minimum atomic E-state index is 0.491. The van der Waals surface area contributed by atoms with E-state index in [0.29, 0.717) is 6.04 Å². The molecule has 0 saturated carbocycles. The van der Waals surface area contributed by atoms with Crippen molar-refractivity contribution < 1.29 is 4.74 Å². The fourth-order valence-corrected chi connectivity index (χ4v) is 3.30. The molecule has 0 spiro atoms. The van der Waals surface area contributed by atoms with E-state index in [-0.39, 0.29) is 0 Å². The number of pyridine rings is 1. The molecule has 0 bridgehead atoms. The molecule has 120 valence electrons. The van der Waals surface area contributed by atoms with Crippen LogP contribution < -0.4 is 10.2 Å². The van der Waals surface area contributed by atoms with Crippen molar-refractivity contribution in [3.63, 3.8) is 0 Å². The van der Waals surface area contributed by atoms with E-state index in [0.717, 1.165) is 44.3 Å². The summed E-state index contributed by atoms with van der Waals surface area (Å²) < 4.78 is 5.19. The zero-order valence-corrected chi connectivity index (χ0v) is 13.7. The molecule has 1 saturated heterocycles. The maximum Gasteiger partial charge on any atom is 0.0643 e. The van der Waals surface area contributed by atoms with Crippen LogP contribution in [0.3, 0.4) is 0 Å². The van der Waals surface area contributed by atoms with Crippen LogP contribution in [0.2, 0.25) is 5.02 Å². The average Bonchev–Trinajstić information content (AvgIpc) is 2.53. The molecule has 1 N–H and O–H groups in total. The molecular weight excluding hydrogens is 310 g/mol. The highest BCUT2D eigenvalue weighted by molar-refractivity contribution is 6.30. The number of hydrogen-bond donors (Lipinski definition) is 1. The number of halogens is 1. The number of fused-ring (bicyclic) bond motifs is 1. The number of rotatable bonds is 4. The second kappa shape index (κ2) is 6.48. The van der Waals surface area contributed by atoms with Crippen molar-refractivity contribution in [3.8, 4) is 0 Å². The molecule has 0 unspecified atom stereocenters. The summed E-state index contributed by atoms with van der Waals surface area (Å²) in [6.07, 6.45) is 4.92. The van der Waals surface area contributed by atoms with Crippen molar-refractivity contribution >= 4 is 17.3 Å². The molecule has 0 atom stereocenters. The van der Waals surface area contributed by atoms with E-state index in [9.17, 15) is 0 Å². The summed E-state index contributed by atoms with van der Waals surface area (Å²) in [5.41, 5.74) is 5.13. The summed E-state index contributed by atoms with van der Waals surface area (Å²) in [5, 5.41) is 4.32. The van der Waals surface area contributed by atoms with Crippen LogP contribution in [0, 0.1) is 0 Å². The van der Waals surface area contributed by atoms with Crippen molar-refractivity contribution in [2.45, 2.75) is 25.6 Å². The highest BCUT2D eigenvalue weighted by Gasteiger charge is 2.19. The van der Waals surface area contributed by atoms with Crippen molar-refractivity contribution in [2.75, 3.05) is 24.7 Å². The number of ether oxygens (including phenoxy) is 1. The zero-order valence-electron chi connectivity index (χ0n) is 13.0. The van der Waals surface area contributed by atoms with Crippen LogP contribution in [0.5, 0.6) is 0 Å². The van der Waals surface area contributed by atoms with Crippen LogP contribution >= 0.6 is 11.6 Å². The van der Waals surface area contributed by atoms with E-state index in [2.05, 4.69) is 33.4 Å². The van der Waals surface area contributed by atoms with Crippen molar-refractivity contribution in [3.05, 3.63) is 58.4 Å². The van der Waals surface area contributed by atoms with Crippen LogP contribution in [0.25, 0.3) is 0 Å². The third-order valence-corrected chi connectivity index (χ3v) is 4.79. The summed E-state index contributed by atoms with van der Waals surface area (Å²) in [4.78, 5) is 6.81. The van der Waals surface area contributed by atoms with Gasteiger partial charge in [-0.25, -0.2) is 0 Å². The van der Waals surface area contributed by atoms with Gasteiger partial charge in [0.05, 0.1) is 31.1 Å². The molecule has 3 heterocycles. The van der Waals surface area contributed by atoms with Gasteiger partial charge in [-0.2, -0.15) is 0 Å². The van der Waals surface area contributed by atoms with Gasteiger partial charge in [0, 0.05) is 30.9 Å². The Balaban J connectivity index is 1.46. The standard InChI is InChI=1S/C18H20ClN3O/c19-16-2-1-15-10-22(4-3-14(15)6-16)18-5-13(7-20-9-18)8-21-17-11-23-12-17/h1-2,5-7,9,17,21H,3-4,8,10-12H2. The van der Waals surface area contributed by atoms with Gasteiger partial charge < -0.3 is 15.0 Å². The summed E-state index contributed by atoms with van der Waals surface area (Å²) in [5.74, 6) is 0. The fourth-order valence-electron chi connectivity index (χ4n) is 3.10. The minimum absolute atomic E-state index is 0.491. The van der Waals surface area contributed by atoms with E-state index < -0.39 is 0 Å². The quantitative estimate of drug-likeness (QED) is 0.936. The highest BCUT2D eigenvalue weighted by atomic mass is 35.5. The Hall–Kier alpha value is -1.62. The number of hydrogen-bond acceptors (Lipinski definition) is 4. The monoisotopic (exact) mass is 329 g/mol. The first kappa shape index (κ1) is 14.9. The molecule has 5 heteroatoms. The highest BCUT2D eigenvalue weighted by Crippen LogP contribution is 2.26. The van der Waals surface area contributed by atoms with E-state index in [1.165, 1.54) is 22.4 Å². The normalized spacial score (nSPS) is 17.7. The van der Waals surface area contributed by atoms with Gasteiger partial charge in [-0.15, -0.1) is 0 Å². The SMILES string of the molecule is Clc1ccc2c(c1)CCN(c1cncc(CNC3COC3)c1)C2. The maximum absolute atomic E-state index is 6.09. The number of nitrogens with one attached hydrogen (secondary N) is 1. The molecule has 1 fully saturated rings. The van der Waals surface area contributed by atoms with Gasteiger partial charge >= 0.3 is 0 Å². The van der Waals surface area contributed by atoms with Gasteiger partial charge in [0.2, 0.25) is 0 Å². The molecule has 2 aliphatic rings. The molecule has 0 radical (unpaired) electrons. The van der Waals surface area contributed by atoms with E-state index in [1.807, 2.05) is 18.5 Å². The number of benzene rings is 1. The lowest BCUT2D eigenvalue weighted by molar-refractivity contribution is -0.00579. The number of anilines is 1. The molecule has 4 rings (SSSR count). The zero-order chi connectivity index (χ0) is 15.6. The Labute approximate surface area is 141 Å². The van der Waals surface area contributed by atoms with Crippen molar-refractivity contribution in [2.24, 2.45) is 0 Å². The first-order valence-electron chi connectivity index (χ1n) is 8.05. The molecular formula is C18H20ClN3O. The van der Waals surface area contributed by atoms with Crippen molar-refractivity contribution in [1.82, 2.24) is 10.3 Å². The molecule has 1 aromatic carbocycles. The van der Waals surface area contributed by atoms with Crippen LogP contribution in [-0.4, -0.2) is 30.8 Å². The minimum Gasteiger partial charge on any atom is -0.378 e. The van der Waals surface area contributed by atoms with Gasteiger partial charge in [0.1, 0.15) is 0 Å². The average molecular weight is 330 g/mol. The lowest BCUT2D eigenvalue weighted by Gasteiger charge is -2.31. The first-order chi connectivity index (χ1) is 11.3. The molecule has 2 aromatic rings. The summed E-state index contributed by atoms with van der Waals surface area (Å²) in [6.45, 7) is 4.40. The predicted octanol–water partition coefficient (Wildman–Crippen LogP) is 2.79. The van der Waals surface area contributed by atoms with Gasteiger partial charge in [0.15, 0.2) is 0 Å². The largest absolute Gasteiger partial charge is 0.378 e. The summed E-state index contributed by atoms with van der Waals surface area (Å²) in [7, 11) is 0. The molecule has 0 amide bonds. The Morgan fingerprint density at radius 1 is 1.22 bits per heavy atom. The smallest absolute Gasteiger partial charge is 0.0643 e. The third-order valence-electron chi connectivity index (χ3n) is 4.56. The van der Waals surface area contributed by atoms with Crippen LogP contribution in [0.1, 0.15) is 16.7 Å². The first-order valence-corrected chi connectivity index (χ1v) is 8.43. The fraction of sp³-hybridized carbons (Fsp3) is 0.389. The Morgan fingerprint density at radius 2 is 2.13 bits per heavy atom. The number of nitrogens with zero attached hydrogens (tertiary/aromatic N) is 2. The maximum atomic E-state index is 6.09. The Kier molecular flexibility index (Phi) is 4.21. The van der Waals surface area contributed by atoms with E-state index >= 15 is 0 Å². The summed E-state index contributed by atoms with van der Waals surface area (Å²) >= 11 is 6.09. The van der Waals surface area contributed by atoms with Gasteiger partial charge in [-0.1, -0.05) is 17.7 Å². The van der Waals surface area contributed by atoms with Crippen molar-refractivity contribution in [1.29, 1.82) is 0 Å². The lowest BCUT2D eigenvalue weighted by Crippen LogP contribution is -2.45. The van der Waals surface area contributed by atoms with Gasteiger partial charge in [0.25, 0.3) is 0 Å². The predicted molar refractivity (Wildman–Crippen MR) is 91.9 cm³/mol. The molecule has 4 nitrogen and oxygen atoms in total. The molecule has 2 aliphatic heterocycles. The molecule has 1 aromatic heterocycles. The number of aromatic nitrogens is 1. The Morgan fingerprint density at radius 3 is 2.96 bits per heavy atom. The van der Waals surface area contributed by atoms with E-state index in [4.69, 9.17) is 16.3 Å². The summed E-state index contributed by atoms with van der Waals surface area (Å²) in [6, 6.07) is 8.93. The van der Waals surface area contributed by atoms with Crippen LogP contribution in [-0.2, 0) is 24.2 Å². The van der Waals surface area contributed by atoms with Crippen LogP contribution in [0.4, 0.5) is 5.69 Å². The molecule has 0 aliphatic carbocycles. The second-order valence-electron chi connectivity index (χ2n) is 6.25. The third kappa shape index (κ3) is 3.34. The van der Waals surface area contributed by atoms with E-state index in [1.54, 1.807) is 0 Å². The second-order valence-corrected chi connectivity index (χ2v) is 6.69.